The van der Waals surface area contributed by atoms with Crippen LogP contribution in [0.25, 0.3) is 0 Å². The third kappa shape index (κ3) is 5.25. The number of amides is 1. The fourth-order valence-electron chi connectivity index (χ4n) is 2.88. The van der Waals surface area contributed by atoms with Gasteiger partial charge in [-0.15, -0.1) is 11.3 Å². The highest BCUT2D eigenvalue weighted by Crippen LogP contribution is 2.21. The van der Waals surface area contributed by atoms with E-state index in [1.165, 1.54) is 5.56 Å². The molecule has 0 spiro atoms. The Morgan fingerprint density at radius 2 is 1.69 bits per heavy atom. The molecule has 1 amide bonds. The lowest BCUT2D eigenvalue weighted by molar-refractivity contribution is 0.0785. The van der Waals surface area contributed by atoms with E-state index in [2.05, 4.69) is 30.7 Å². The van der Waals surface area contributed by atoms with Crippen LogP contribution in [0.3, 0.4) is 0 Å². The number of carbonyl (C=O) groups excluding carboxylic acids is 1. The first-order valence-corrected chi connectivity index (χ1v) is 11.6. The number of hydrogen-bond acceptors (Lipinski definition) is 4. The fraction of sp³-hybridized carbons (Fsp3) is 0.227. The van der Waals surface area contributed by atoms with Gasteiger partial charge < -0.3 is 4.90 Å². The van der Waals surface area contributed by atoms with E-state index < -0.39 is 10.0 Å². The summed E-state index contributed by atoms with van der Waals surface area (Å²) in [7, 11) is -1.84. The minimum absolute atomic E-state index is 0.120. The second-order valence-electron chi connectivity index (χ2n) is 7.17. The number of benzene rings is 2. The Balaban J connectivity index is 1.65. The minimum Gasteiger partial charge on any atom is -0.337 e. The first-order chi connectivity index (χ1) is 13.8. The second kappa shape index (κ2) is 8.80. The van der Waals surface area contributed by atoms with Crippen LogP contribution in [0, 0.1) is 0 Å². The SMILES string of the molecule is CC(C)c1ccc(CN(C)C(=O)c2ccc(NS(=O)(=O)c3cccs3)cc2)cc1. The number of hydrogen-bond donors (Lipinski definition) is 1. The largest absolute Gasteiger partial charge is 0.337 e. The van der Waals surface area contributed by atoms with Gasteiger partial charge in [0.1, 0.15) is 4.21 Å². The van der Waals surface area contributed by atoms with Crippen LogP contribution in [0.4, 0.5) is 5.69 Å². The predicted molar refractivity (Wildman–Crippen MR) is 118 cm³/mol. The average Bonchev–Trinajstić information content (AvgIpc) is 3.24. The van der Waals surface area contributed by atoms with E-state index >= 15 is 0 Å². The molecule has 0 radical (unpaired) electrons. The van der Waals surface area contributed by atoms with E-state index in [1.807, 2.05) is 12.1 Å². The molecule has 0 bridgehead atoms. The topological polar surface area (TPSA) is 66.5 Å². The molecule has 2 aromatic carbocycles. The number of nitrogens with zero attached hydrogens (tertiary/aromatic N) is 1. The molecule has 0 unspecified atom stereocenters. The van der Waals surface area contributed by atoms with Crippen LogP contribution in [0.5, 0.6) is 0 Å². The Labute approximate surface area is 176 Å². The Morgan fingerprint density at radius 3 is 2.24 bits per heavy atom. The molecule has 3 rings (SSSR count). The van der Waals surface area contributed by atoms with Gasteiger partial charge in [0.05, 0.1) is 0 Å². The minimum atomic E-state index is -3.60. The number of nitrogens with one attached hydrogen (secondary N) is 1. The van der Waals surface area contributed by atoms with Gasteiger partial charge in [0.2, 0.25) is 0 Å². The summed E-state index contributed by atoms with van der Waals surface area (Å²) in [5.41, 5.74) is 3.25. The van der Waals surface area contributed by atoms with Crippen LogP contribution in [0.2, 0.25) is 0 Å². The zero-order valence-electron chi connectivity index (χ0n) is 16.6. The molecule has 1 aromatic heterocycles. The molecule has 1 N–H and O–H groups in total. The normalized spacial score (nSPS) is 11.4. The van der Waals surface area contributed by atoms with Crippen LogP contribution in [0.1, 0.15) is 41.3 Å². The standard InChI is InChI=1S/C22H24N2O3S2/c1-16(2)18-8-6-17(7-9-18)15-24(3)22(25)19-10-12-20(13-11-19)23-29(26,27)21-5-4-14-28-21/h4-14,16,23H,15H2,1-3H3. The molecule has 0 aliphatic carbocycles. The monoisotopic (exact) mass is 428 g/mol. The quantitative estimate of drug-likeness (QED) is 0.579. The molecule has 5 nitrogen and oxygen atoms in total. The third-order valence-corrected chi connectivity index (χ3v) is 7.34. The molecule has 0 saturated heterocycles. The van der Waals surface area contributed by atoms with Crippen molar-refractivity contribution in [3.8, 4) is 0 Å². The first-order valence-electron chi connectivity index (χ1n) is 9.27. The predicted octanol–water partition coefficient (Wildman–Crippen LogP) is 4.94. The van der Waals surface area contributed by atoms with Gasteiger partial charge in [-0.1, -0.05) is 44.2 Å². The van der Waals surface area contributed by atoms with Crippen molar-refractivity contribution in [2.24, 2.45) is 0 Å². The van der Waals surface area contributed by atoms with E-state index in [0.29, 0.717) is 23.7 Å². The Hall–Kier alpha value is -2.64. The van der Waals surface area contributed by atoms with Gasteiger partial charge in [-0.05, 0) is 52.8 Å². The van der Waals surface area contributed by atoms with E-state index in [9.17, 15) is 13.2 Å². The van der Waals surface area contributed by atoms with Crippen molar-refractivity contribution in [2.75, 3.05) is 11.8 Å². The molecule has 0 atom stereocenters. The fourth-order valence-corrected chi connectivity index (χ4v) is 4.93. The Bertz CT molecular complexity index is 1060. The van der Waals surface area contributed by atoms with Gasteiger partial charge in [0, 0.05) is 24.8 Å². The highest BCUT2D eigenvalue weighted by Gasteiger charge is 2.16. The van der Waals surface area contributed by atoms with Gasteiger partial charge in [0.15, 0.2) is 0 Å². The molecule has 0 saturated carbocycles. The van der Waals surface area contributed by atoms with Gasteiger partial charge >= 0.3 is 0 Å². The zero-order chi connectivity index (χ0) is 21.0. The highest BCUT2D eigenvalue weighted by atomic mass is 32.2. The number of rotatable bonds is 7. The zero-order valence-corrected chi connectivity index (χ0v) is 18.3. The summed E-state index contributed by atoms with van der Waals surface area (Å²) >= 11 is 1.15. The van der Waals surface area contributed by atoms with E-state index in [4.69, 9.17) is 0 Å². The maximum absolute atomic E-state index is 12.7. The average molecular weight is 429 g/mol. The molecule has 152 valence electrons. The number of thiophene rings is 1. The summed E-state index contributed by atoms with van der Waals surface area (Å²) in [5.74, 6) is 0.352. The summed E-state index contributed by atoms with van der Waals surface area (Å²) in [5, 5.41) is 1.71. The van der Waals surface area contributed by atoms with E-state index in [-0.39, 0.29) is 10.1 Å². The van der Waals surface area contributed by atoms with Crippen molar-refractivity contribution >= 4 is 33.0 Å². The lowest BCUT2D eigenvalue weighted by Crippen LogP contribution is -2.26. The van der Waals surface area contributed by atoms with E-state index in [0.717, 1.165) is 16.9 Å². The number of sulfonamides is 1. The molecule has 0 aliphatic heterocycles. The lowest BCUT2D eigenvalue weighted by Gasteiger charge is -2.18. The Morgan fingerprint density at radius 1 is 1.03 bits per heavy atom. The highest BCUT2D eigenvalue weighted by molar-refractivity contribution is 7.94. The van der Waals surface area contributed by atoms with Crippen molar-refractivity contribution < 1.29 is 13.2 Å². The van der Waals surface area contributed by atoms with Crippen LogP contribution in [-0.4, -0.2) is 26.3 Å². The third-order valence-electron chi connectivity index (χ3n) is 4.56. The van der Waals surface area contributed by atoms with Crippen molar-refractivity contribution in [3.05, 3.63) is 82.7 Å². The van der Waals surface area contributed by atoms with Crippen LogP contribution >= 0.6 is 11.3 Å². The summed E-state index contributed by atoms with van der Waals surface area (Å²) in [6.07, 6.45) is 0. The number of anilines is 1. The second-order valence-corrected chi connectivity index (χ2v) is 10.0. The van der Waals surface area contributed by atoms with Crippen molar-refractivity contribution in [1.29, 1.82) is 0 Å². The smallest absolute Gasteiger partial charge is 0.271 e. The van der Waals surface area contributed by atoms with Gasteiger partial charge in [-0.25, -0.2) is 8.42 Å². The van der Waals surface area contributed by atoms with Crippen molar-refractivity contribution in [3.63, 3.8) is 0 Å². The maximum atomic E-state index is 12.7. The van der Waals surface area contributed by atoms with Crippen LogP contribution in [-0.2, 0) is 16.6 Å². The van der Waals surface area contributed by atoms with Crippen LogP contribution < -0.4 is 4.72 Å². The number of carbonyl (C=O) groups is 1. The molecular weight excluding hydrogens is 404 g/mol. The van der Waals surface area contributed by atoms with E-state index in [1.54, 1.807) is 53.7 Å². The molecule has 3 aromatic rings. The molecular formula is C22H24N2O3S2. The molecule has 0 fully saturated rings. The van der Waals surface area contributed by atoms with Crippen molar-refractivity contribution in [1.82, 2.24) is 4.90 Å². The summed E-state index contributed by atoms with van der Waals surface area (Å²) in [6, 6.07) is 18.0. The van der Waals surface area contributed by atoms with Gasteiger partial charge in [-0.2, -0.15) is 0 Å². The summed E-state index contributed by atoms with van der Waals surface area (Å²) < 4.78 is 27.3. The Kier molecular flexibility index (Phi) is 6.39. The molecule has 1 heterocycles. The van der Waals surface area contributed by atoms with Crippen molar-refractivity contribution in [2.45, 2.75) is 30.5 Å². The lowest BCUT2D eigenvalue weighted by atomic mass is 10.0. The first kappa shape index (κ1) is 21.1. The van der Waals surface area contributed by atoms with Crippen LogP contribution in [0.15, 0.2) is 70.3 Å². The van der Waals surface area contributed by atoms with Gasteiger partial charge in [-0.3, -0.25) is 9.52 Å². The maximum Gasteiger partial charge on any atom is 0.271 e. The summed E-state index contributed by atoms with van der Waals surface area (Å²) in [4.78, 5) is 14.3. The summed E-state index contributed by atoms with van der Waals surface area (Å²) in [6.45, 7) is 4.80. The van der Waals surface area contributed by atoms with Gasteiger partial charge in [0.25, 0.3) is 15.9 Å². The molecule has 7 heteroatoms. The molecule has 29 heavy (non-hydrogen) atoms. The molecule has 0 aliphatic rings.